The number of phenolic OH excluding ortho intramolecular Hbond substituents is 1. The summed E-state index contributed by atoms with van der Waals surface area (Å²) in [6.07, 6.45) is 0. The van der Waals surface area contributed by atoms with Gasteiger partial charge in [0.2, 0.25) is 0 Å². The summed E-state index contributed by atoms with van der Waals surface area (Å²) in [5.74, 6) is -0.714. The number of thiol groups is 1. The molecule has 0 aliphatic carbocycles. The van der Waals surface area contributed by atoms with Crippen molar-refractivity contribution in [2.75, 3.05) is 11.5 Å². The van der Waals surface area contributed by atoms with Crippen LogP contribution in [0.3, 0.4) is 0 Å². The Bertz CT molecular complexity index is 1100. The van der Waals surface area contributed by atoms with Gasteiger partial charge in [0.1, 0.15) is 32.9 Å². The van der Waals surface area contributed by atoms with Crippen LogP contribution in [-0.4, -0.2) is 16.0 Å². The second-order valence-corrected chi connectivity index (χ2v) is 6.82. The fourth-order valence-electron chi connectivity index (χ4n) is 2.62. The Morgan fingerprint density at radius 2 is 2.08 bits per heavy atom. The van der Waals surface area contributed by atoms with Crippen LogP contribution in [0.4, 0.5) is 11.5 Å². The molecule has 0 unspecified atom stereocenters. The number of carbonyl (C=O) groups is 1. The van der Waals surface area contributed by atoms with Crippen molar-refractivity contribution in [2.24, 2.45) is 5.73 Å². The highest BCUT2D eigenvalue weighted by molar-refractivity contribution is 7.80. The van der Waals surface area contributed by atoms with Gasteiger partial charge in [0.15, 0.2) is 0 Å². The van der Waals surface area contributed by atoms with Gasteiger partial charge in [0.05, 0.1) is 10.6 Å². The van der Waals surface area contributed by atoms with Crippen molar-refractivity contribution in [1.82, 2.24) is 4.98 Å². The summed E-state index contributed by atoms with van der Waals surface area (Å²) in [7, 11) is 0. The molecule has 0 aliphatic heterocycles. The molecule has 0 aliphatic rings. The number of aromatic hydroxyl groups is 1. The topological polar surface area (TPSA) is 152 Å². The van der Waals surface area contributed by atoms with Crippen LogP contribution in [-0.2, 0) is 0 Å². The molecule has 9 heteroatoms. The van der Waals surface area contributed by atoms with Crippen molar-refractivity contribution in [3.8, 4) is 22.9 Å². The molecule has 1 amide bonds. The van der Waals surface area contributed by atoms with E-state index in [-0.39, 0.29) is 32.6 Å². The molecule has 0 fully saturated rings. The summed E-state index contributed by atoms with van der Waals surface area (Å²) in [5.41, 5.74) is 19.0. The monoisotopic (exact) mass is 371 g/mol. The van der Waals surface area contributed by atoms with Crippen molar-refractivity contribution >= 4 is 51.6 Å². The van der Waals surface area contributed by atoms with Crippen molar-refractivity contribution in [3.63, 3.8) is 0 Å². The smallest absolute Gasteiger partial charge is 0.260 e. The van der Waals surface area contributed by atoms with Gasteiger partial charge >= 0.3 is 0 Å². The third kappa shape index (κ3) is 2.43. The molecule has 0 bridgehead atoms. The number of aryl methyl sites for hydroxylation is 1. The number of aromatic nitrogens is 1. The number of nitriles is 1. The summed E-state index contributed by atoms with van der Waals surface area (Å²) < 4.78 is 0. The molecule has 0 spiro atoms. The number of rotatable bonds is 2. The highest BCUT2D eigenvalue weighted by Gasteiger charge is 2.25. The van der Waals surface area contributed by atoms with Crippen molar-refractivity contribution in [2.45, 2.75) is 11.8 Å². The number of hydrogen-bond donors (Lipinski definition) is 5. The zero-order valence-corrected chi connectivity index (χ0v) is 14.7. The highest BCUT2D eigenvalue weighted by atomic mass is 32.1. The van der Waals surface area contributed by atoms with Gasteiger partial charge in [-0.15, -0.1) is 24.0 Å². The molecule has 1 aromatic carbocycles. The first-order valence-electron chi connectivity index (χ1n) is 7.01. The third-order valence-corrected chi connectivity index (χ3v) is 5.43. The molecule has 2 aromatic heterocycles. The largest absolute Gasteiger partial charge is 0.506 e. The number of fused-ring (bicyclic) bond motifs is 1. The Labute approximate surface area is 152 Å². The van der Waals surface area contributed by atoms with Crippen LogP contribution in [0.25, 0.3) is 21.3 Å². The summed E-state index contributed by atoms with van der Waals surface area (Å²) in [4.78, 5) is 16.6. The summed E-state index contributed by atoms with van der Waals surface area (Å²) in [6.45, 7) is 1.73. The van der Waals surface area contributed by atoms with Gasteiger partial charge in [-0.25, -0.2) is 4.98 Å². The van der Waals surface area contributed by atoms with Crippen molar-refractivity contribution in [1.29, 1.82) is 5.26 Å². The van der Waals surface area contributed by atoms with Crippen LogP contribution < -0.4 is 17.2 Å². The second-order valence-electron chi connectivity index (χ2n) is 5.38. The van der Waals surface area contributed by atoms with Crippen LogP contribution in [0.2, 0.25) is 0 Å². The van der Waals surface area contributed by atoms with E-state index in [1.807, 2.05) is 6.07 Å². The maximum absolute atomic E-state index is 11.6. The van der Waals surface area contributed by atoms with Crippen LogP contribution in [0.5, 0.6) is 5.75 Å². The standard InChI is InChI=1S/C16H13N5O2S2/c1-5-2-3-6(12(24)11(5)22)8-7(4-17)14(19)21-16-9(8)10(18)13(25-16)15(20)23/h2-3,22,24H,18H2,1H3,(H2,19,21)(H2,20,23). The molecular formula is C16H13N5O2S2. The van der Waals surface area contributed by atoms with Crippen LogP contribution in [0.15, 0.2) is 17.0 Å². The molecule has 0 saturated heterocycles. The molecule has 0 saturated carbocycles. The Kier molecular flexibility index (Phi) is 3.94. The first kappa shape index (κ1) is 16.9. The second kappa shape index (κ2) is 5.84. The number of hydrogen-bond acceptors (Lipinski definition) is 8. The SMILES string of the molecule is Cc1ccc(-c2c(C#N)c(N)nc3sc(C(N)=O)c(N)c23)c(S)c1O. The molecule has 0 atom stereocenters. The van der Waals surface area contributed by atoms with Crippen molar-refractivity contribution in [3.05, 3.63) is 28.1 Å². The van der Waals surface area contributed by atoms with Gasteiger partial charge in [-0.3, -0.25) is 4.79 Å². The fourth-order valence-corrected chi connectivity index (χ4v) is 3.94. The average Bonchev–Trinajstić information content (AvgIpc) is 2.88. The van der Waals surface area contributed by atoms with Gasteiger partial charge in [0.25, 0.3) is 5.91 Å². The van der Waals surface area contributed by atoms with E-state index in [0.717, 1.165) is 11.3 Å². The van der Waals surface area contributed by atoms with Gasteiger partial charge in [-0.2, -0.15) is 5.26 Å². The lowest BCUT2D eigenvalue weighted by molar-refractivity contribution is 0.100. The van der Waals surface area contributed by atoms with E-state index in [2.05, 4.69) is 17.6 Å². The summed E-state index contributed by atoms with van der Waals surface area (Å²) in [6, 6.07) is 5.40. The van der Waals surface area contributed by atoms with E-state index < -0.39 is 5.91 Å². The van der Waals surface area contributed by atoms with Gasteiger partial charge in [0, 0.05) is 16.5 Å². The van der Waals surface area contributed by atoms with Crippen LogP contribution in [0, 0.1) is 18.3 Å². The highest BCUT2D eigenvalue weighted by Crippen LogP contribution is 2.45. The van der Waals surface area contributed by atoms with E-state index in [0.29, 0.717) is 26.9 Å². The van der Waals surface area contributed by atoms with E-state index in [1.54, 1.807) is 19.1 Å². The minimum atomic E-state index is -0.693. The number of anilines is 2. The van der Waals surface area contributed by atoms with Crippen molar-refractivity contribution < 1.29 is 9.90 Å². The number of primary amides is 1. The molecule has 7 nitrogen and oxygen atoms in total. The minimum Gasteiger partial charge on any atom is -0.506 e. The average molecular weight is 371 g/mol. The predicted octanol–water partition coefficient (Wildman–Crippen LogP) is 2.40. The summed E-state index contributed by atoms with van der Waals surface area (Å²) >= 11 is 5.37. The number of pyridine rings is 1. The first-order valence-corrected chi connectivity index (χ1v) is 8.27. The lowest BCUT2D eigenvalue weighted by Crippen LogP contribution is -2.10. The lowest BCUT2D eigenvalue weighted by Gasteiger charge is -2.13. The Balaban J connectivity index is 2.55. The van der Waals surface area contributed by atoms with Crippen LogP contribution in [0.1, 0.15) is 20.8 Å². The third-order valence-electron chi connectivity index (χ3n) is 3.86. The number of benzene rings is 1. The molecule has 3 rings (SSSR count). The molecule has 126 valence electrons. The number of nitrogens with zero attached hydrogens (tertiary/aromatic N) is 2. The Morgan fingerprint density at radius 3 is 2.68 bits per heavy atom. The van der Waals surface area contributed by atoms with Gasteiger partial charge in [-0.1, -0.05) is 12.1 Å². The van der Waals surface area contributed by atoms with E-state index in [1.165, 1.54) is 0 Å². The Hall–Kier alpha value is -2.96. The van der Waals surface area contributed by atoms with Gasteiger partial charge < -0.3 is 22.3 Å². The number of carbonyl (C=O) groups excluding carboxylic acids is 1. The first-order chi connectivity index (χ1) is 11.8. The maximum Gasteiger partial charge on any atom is 0.260 e. The van der Waals surface area contributed by atoms with Crippen LogP contribution >= 0.6 is 24.0 Å². The number of thiophene rings is 1. The maximum atomic E-state index is 11.6. The van der Waals surface area contributed by atoms with E-state index in [4.69, 9.17) is 17.2 Å². The summed E-state index contributed by atoms with van der Waals surface area (Å²) in [5, 5.41) is 20.2. The van der Waals surface area contributed by atoms with E-state index >= 15 is 0 Å². The number of nitrogen functional groups attached to an aromatic ring is 2. The number of nitrogens with two attached hydrogens (primary N) is 3. The zero-order valence-electron chi connectivity index (χ0n) is 13.0. The molecule has 25 heavy (non-hydrogen) atoms. The molecule has 7 N–H and O–H groups in total. The predicted molar refractivity (Wildman–Crippen MR) is 101 cm³/mol. The number of amides is 1. The minimum absolute atomic E-state index is 0.00457. The lowest BCUT2D eigenvalue weighted by atomic mass is 9.96. The molecular weight excluding hydrogens is 358 g/mol. The van der Waals surface area contributed by atoms with Gasteiger partial charge in [-0.05, 0) is 12.5 Å². The molecule has 0 radical (unpaired) electrons. The molecule has 2 heterocycles. The fraction of sp³-hybridized carbons (Fsp3) is 0.0625. The Morgan fingerprint density at radius 1 is 1.40 bits per heavy atom. The zero-order chi connectivity index (χ0) is 18.5. The quantitative estimate of drug-likeness (QED) is 0.436. The molecule has 3 aromatic rings. The normalized spacial score (nSPS) is 10.8. The van der Waals surface area contributed by atoms with E-state index in [9.17, 15) is 15.2 Å². The number of phenols is 1.